The summed E-state index contributed by atoms with van der Waals surface area (Å²) in [6.07, 6.45) is 4.26. The average Bonchev–Trinajstić information content (AvgIpc) is 2.60. The molecular weight excluding hydrogens is 336 g/mol. The minimum atomic E-state index is 0.222. The van der Waals surface area contributed by atoms with E-state index in [4.69, 9.17) is 9.47 Å². The Kier molecular flexibility index (Phi) is 5.50. The lowest BCUT2D eigenvalue weighted by Gasteiger charge is -2.25. The molecule has 3 rings (SSSR count). The van der Waals surface area contributed by atoms with E-state index in [1.807, 2.05) is 19.1 Å². The van der Waals surface area contributed by atoms with E-state index in [9.17, 15) is 5.11 Å². The smallest absolute Gasteiger partial charge is 0.130 e. The van der Waals surface area contributed by atoms with Crippen LogP contribution in [0.25, 0.3) is 11.6 Å². The molecule has 0 radical (unpaired) electrons. The Hall–Kier alpha value is -2.42. The van der Waals surface area contributed by atoms with Crippen molar-refractivity contribution in [3.05, 3.63) is 52.6 Å². The third kappa shape index (κ3) is 4.47. The second kappa shape index (κ2) is 7.67. The quantitative estimate of drug-likeness (QED) is 0.704. The Morgan fingerprint density at radius 1 is 1.15 bits per heavy atom. The van der Waals surface area contributed by atoms with Gasteiger partial charge in [-0.2, -0.15) is 0 Å². The molecule has 0 aromatic heterocycles. The minimum absolute atomic E-state index is 0.222. The fraction of sp³-hybridized carbons (Fsp3) is 0.417. The standard InChI is InChI=1S/C24H30O3/c1-6-26-19-9-10-21(22(25)14-19)18-13-17-8-7-16(2)20(23(17)27-15-18)11-12-24(3,4)5/h7-10,13-14,25H,6,11-12,15H2,1-5H3. The molecular formula is C24H30O3. The van der Waals surface area contributed by atoms with Crippen LogP contribution in [-0.4, -0.2) is 18.3 Å². The molecule has 144 valence electrons. The second-order valence-electron chi connectivity index (χ2n) is 8.41. The molecule has 2 aromatic carbocycles. The molecule has 3 heteroatoms. The first-order chi connectivity index (χ1) is 12.8. The molecule has 0 aliphatic carbocycles. The Balaban J connectivity index is 1.93. The van der Waals surface area contributed by atoms with Crippen LogP contribution in [0, 0.1) is 12.3 Å². The van der Waals surface area contributed by atoms with Crippen molar-refractivity contribution in [1.82, 2.24) is 0 Å². The molecule has 0 saturated carbocycles. The van der Waals surface area contributed by atoms with Gasteiger partial charge in [-0.15, -0.1) is 0 Å². The third-order valence-electron chi connectivity index (χ3n) is 4.98. The van der Waals surface area contributed by atoms with Crippen molar-refractivity contribution in [1.29, 1.82) is 0 Å². The van der Waals surface area contributed by atoms with Crippen molar-refractivity contribution in [2.75, 3.05) is 13.2 Å². The minimum Gasteiger partial charge on any atom is -0.507 e. The van der Waals surface area contributed by atoms with Gasteiger partial charge in [-0.05, 0) is 61.4 Å². The first-order valence-electron chi connectivity index (χ1n) is 9.70. The summed E-state index contributed by atoms with van der Waals surface area (Å²) < 4.78 is 11.6. The van der Waals surface area contributed by atoms with Gasteiger partial charge in [-0.3, -0.25) is 0 Å². The lowest BCUT2D eigenvalue weighted by molar-refractivity contribution is 0.337. The van der Waals surface area contributed by atoms with Gasteiger partial charge >= 0.3 is 0 Å². The molecule has 0 unspecified atom stereocenters. The molecule has 3 nitrogen and oxygen atoms in total. The number of benzene rings is 2. The van der Waals surface area contributed by atoms with Crippen molar-refractivity contribution in [3.63, 3.8) is 0 Å². The normalized spacial score (nSPS) is 13.6. The third-order valence-corrected chi connectivity index (χ3v) is 4.98. The highest BCUT2D eigenvalue weighted by Crippen LogP contribution is 2.39. The second-order valence-corrected chi connectivity index (χ2v) is 8.41. The van der Waals surface area contributed by atoms with E-state index >= 15 is 0 Å². The summed E-state index contributed by atoms with van der Waals surface area (Å²) in [7, 11) is 0. The fourth-order valence-corrected chi connectivity index (χ4v) is 3.41. The largest absolute Gasteiger partial charge is 0.507 e. The van der Waals surface area contributed by atoms with Gasteiger partial charge in [-0.1, -0.05) is 32.9 Å². The summed E-state index contributed by atoms with van der Waals surface area (Å²) in [5.74, 6) is 1.89. The molecule has 0 atom stereocenters. The maximum Gasteiger partial charge on any atom is 0.130 e. The van der Waals surface area contributed by atoms with Crippen LogP contribution in [0.5, 0.6) is 17.2 Å². The number of aryl methyl sites for hydroxylation is 1. The van der Waals surface area contributed by atoms with Crippen LogP contribution in [-0.2, 0) is 6.42 Å². The lowest BCUT2D eigenvalue weighted by Crippen LogP contribution is -2.12. The summed E-state index contributed by atoms with van der Waals surface area (Å²) >= 11 is 0. The van der Waals surface area contributed by atoms with Gasteiger partial charge in [0.2, 0.25) is 0 Å². The Morgan fingerprint density at radius 3 is 2.59 bits per heavy atom. The van der Waals surface area contributed by atoms with E-state index in [-0.39, 0.29) is 5.75 Å². The van der Waals surface area contributed by atoms with Crippen molar-refractivity contribution in [2.45, 2.75) is 47.5 Å². The van der Waals surface area contributed by atoms with Crippen LogP contribution in [0.3, 0.4) is 0 Å². The zero-order valence-electron chi connectivity index (χ0n) is 17.1. The predicted molar refractivity (Wildman–Crippen MR) is 112 cm³/mol. The number of phenolic OH excluding ortho intramolecular Hbond substituents is 1. The van der Waals surface area contributed by atoms with E-state index in [1.54, 1.807) is 6.07 Å². The average molecular weight is 367 g/mol. The highest BCUT2D eigenvalue weighted by Gasteiger charge is 2.21. The van der Waals surface area contributed by atoms with Gasteiger partial charge in [0.25, 0.3) is 0 Å². The van der Waals surface area contributed by atoms with Gasteiger partial charge < -0.3 is 14.6 Å². The van der Waals surface area contributed by atoms with Gasteiger partial charge in [0.15, 0.2) is 0 Å². The van der Waals surface area contributed by atoms with Crippen LogP contribution in [0.4, 0.5) is 0 Å². The van der Waals surface area contributed by atoms with Gasteiger partial charge in [0, 0.05) is 22.8 Å². The molecule has 0 saturated heterocycles. The lowest BCUT2D eigenvalue weighted by atomic mass is 9.86. The van der Waals surface area contributed by atoms with Crippen LogP contribution < -0.4 is 9.47 Å². The maximum atomic E-state index is 10.4. The molecule has 1 aliphatic rings. The van der Waals surface area contributed by atoms with E-state index < -0.39 is 0 Å². The molecule has 0 spiro atoms. The fourth-order valence-electron chi connectivity index (χ4n) is 3.41. The molecule has 1 N–H and O–H groups in total. The number of fused-ring (bicyclic) bond motifs is 1. The summed E-state index contributed by atoms with van der Waals surface area (Å²) in [6.45, 7) is 11.9. The molecule has 2 aromatic rings. The van der Waals surface area contributed by atoms with Crippen LogP contribution in [0.15, 0.2) is 30.3 Å². The maximum absolute atomic E-state index is 10.4. The van der Waals surface area contributed by atoms with Crippen molar-refractivity contribution in [2.24, 2.45) is 5.41 Å². The van der Waals surface area contributed by atoms with Gasteiger partial charge in [0.1, 0.15) is 23.9 Å². The molecule has 1 aliphatic heterocycles. The molecule has 27 heavy (non-hydrogen) atoms. The highest BCUT2D eigenvalue weighted by atomic mass is 16.5. The summed E-state index contributed by atoms with van der Waals surface area (Å²) in [5, 5.41) is 10.4. The number of ether oxygens (including phenoxy) is 2. The molecule has 0 bridgehead atoms. The Labute approximate surface area is 162 Å². The first kappa shape index (κ1) is 19.3. The number of rotatable bonds is 5. The number of hydrogen-bond donors (Lipinski definition) is 1. The van der Waals surface area contributed by atoms with E-state index in [0.29, 0.717) is 24.4 Å². The van der Waals surface area contributed by atoms with Crippen LogP contribution >= 0.6 is 0 Å². The Morgan fingerprint density at radius 2 is 1.93 bits per heavy atom. The van der Waals surface area contributed by atoms with Crippen LogP contribution in [0.2, 0.25) is 0 Å². The number of hydrogen-bond acceptors (Lipinski definition) is 3. The summed E-state index contributed by atoms with van der Waals surface area (Å²) in [5.41, 5.74) is 5.72. The Bertz CT molecular complexity index is 857. The van der Waals surface area contributed by atoms with E-state index in [1.165, 1.54) is 11.1 Å². The van der Waals surface area contributed by atoms with E-state index in [2.05, 4.69) is 45.9 Å². The first-order valence-corrected chi connectivity index (χ1v) is 9.70. The number of phenols is 1. The summed E-state index contributed by atoms with van der Waals surface area (Å²) in [6, 6.07) is 9.72. The molecule has 1 heterocycles. The highest BCUT2D eigenvalue weighted by molar-refractivity contribution is 5.88. The molecule has 0 amide bonds. The van der Waals surface area contributed by atoms with Crippen molar-refractivity contribution >= 4 is 11.6 Å². The van der Waals surface area contributed by atoms with Crippen LogP contribution in [0.1, 0.15) is 56.4 Å². The van der Waals surface area contributed by atoms with Gasteiger partial charge in [-0.25, -0.2) is 0 Å². The zero-order valence-corrected chi connectivity index (χ0v) is 17.1. The topological polar surface area (TPSA) is 38.7 Å². The summed E-state index contributed by atoms with van der Waals surface area (Å²) in [4.78, 5) is 0. The monoisotopic (exact) mass is 366 g/mol. The van der Waals surface area contributed by atoms with Crippen molar-refractivity contribution < 1.29 is 14.6 Å². The predicted octanol–water partition coefficient (Wildman–Crippen LogP) is 6.01. The van der Waals surface area contributed by atoms with E-state index in [0.717, 1.165) is 35.3 Å². The zero-order chi connectivity index (χ0) is 19.6. The van der Waals surface area contributed by atoms with Gasteiger partial charge in [0.05, 0.1) is 6.61 Å². The SMILES string of the molecule is CCOc1ccc(C2=Cc3ccc(C)c(CCC(C)(C)C)c3OC2)c(O)c1. The van der Waals surface area contributed by atoms with Crippen molar-refractivity contribution in [3.8, 4) is 17.2 Å². The number of aromatic hydroxyl groups is 1. The molecule has 0 fully saturated rings.